The molecule has 0 aliphatic heterocycles. The Labute approximate surface area is 129 Å². The van der Waals surface area contributed by atoms with Gasteiger partial charge in [-0.25, -0.2) is 4.39 Å². The van der Waals surface area contributed by atoms with Crippen LogP contribution in [0, 0.1) is 5.82 Å². The maximum absolute atomic E-state index is 13.9. The number of hydrogen-bond donors (Lipinski definition) is 1. The second kappa shape index (κ2) is 6.67. The van der Waals surface area contributed by atoms with Gasteiger partial charge in [0.05, 0.1) is 36.1 Å². The highest BCUT2D eigenvalue weighted by atomic mass is 79.9. The largest absolute Gasteiger partial charge is 0.383 e. The van der Waals surface area contributed by atoms with Gasteiger partial charge in [-0.15, -0.1) is 0 Å². The van der Waals surface area contributed by atoms with E-state index in [4.69, 9.17) is 22.1 Å². The Hall–Kier alpha value is -0.950. The van der Waals surface area contributed by atoms with Crippen molar-refractivity contribution in [2.75, 3.05) is 13.7 Å². The van der Waals surface area contributed by atoms with Gasteiger partial charge in [0.15, 0.2) is 0 Å². The van der Waals surface area contributed by atoms with Gasteiger partial charge < -0.3 is 10.5 Å². The zero-order valence-electron chi connectivity index (χ0n) is 10.8. The fraction of sp³-hybridized carbons (Fsp3) is 0.308. The van der Waals surface area contributed by atoms with Crippen molar-refractivity contribution in [3.8, 4) is 0 Å². The average Bonchev–Trinajstić information content (AvgIpc) is 2.79. The van der Waals surface area contributed by atoms with Crippen molar-refractivity contribution in [2.24, 2.45) is 5.73 Å². The Balaban J connectivity index is 2.39. The highest BCUT2D eigenvalue weighted by Gasteiger charge is 2.21. The van der Waals surface area contributed by atoms with Crippen LogP contribution in [0.2, 0.25) is 5.02 Å². The van der Waals surface area contributed by atoms with Crippen LogP contribution in [-0.2, 0) is 11.3 Å². The molecule has 2 N–H and O–H groups in total. The van der Waals surface area contributed by atoms with Gasteiger partial charge in [-0.2, -0.15) is 5.10 Å². The lowest BCUT2D eigenvalue weighted by atomic mass is 10.0. The van der Waals surface area contributed by atoms with Crippen LogP contribution in [0.3, 0.4) is 0 Å². The first-order valence-electron chi connectivity index (χ1n) is 5.95. The first-order valence-corrected chi connectivity index (χ1v) is 7.12. The smallest absolute Gasteiger partial charge is 0.128 e. The molecule has 0 radical (unpaired) electrons. The van der Waals surface area contributed by atoms with E-state index in [1.54, 1.807) is 23.9 Å². The second-order valence-corrected chi connectivity index (χ2v) is 5.56. The topological polar surface area (TPSA) is 53.1 Å². The molecule has 1 aromatic heterocycles. The van der Waals surface area contributed by atoms with E-state index in [1.807, 2.05) is 0 Å². The van der Waals surface area contributed by atoms with Crippen LogP contribution in [0.4, 0.5) is 4.39 Å². The Kier molecular flexibility index (Phi) is 5.15. The molecular formula is C13H14BrClFN3O. The summed E-state index contributed by atoms with van der Waals surface area (Å²) in [6.07, 6.45) is 1.50. The van der Waals surface area contributed by atoms with Gasteiger partial charge in [-0.1, -0.05) is 27.5 Å². The lowest BCUT2D eigenvalue weighted by Crippen LogP contribution is -2.20. The maximum Gasteiger partial charge on any atom is 0.128 e. The standard InChI is InChI=1S/C13H14BrClFN3O/c1-20-5-4-19-13(10(15)7-18-19)12(17)9-6-8(14)2-3-11(9)16/h2-3,6-7,12H,4-5,17H2,1H3. The van der Waals surface area contributed by atoms with Crippen LogP contribution in [0.15, 0.2) is 28.9 Å². The molecule has 7 heteroatoms. The van der Waals surface area contributed by atoms with Crippen molar-refractivity contribution >= 4 is 27.5 Å². The number of aromatic nitrogens is 2. The van der Waals surface area contributed by atoms with Crippen LogP contribution in [0.5, 0.6) is 0 Å². The molecule has 0 fully saturated rings. The fourth-order valence-corrected chi connectivity index (χ4v) is 2.57. The van der Waals surface area contributed by atoms with Crippen molar-refractivity contribution in [3.63, 3.8) is 0 Å². The normalized spacial score (nSPS) is 12.7. The minimum atomic E-state index is -0.695. The van der Waals surface area contributed by atoms with Crippen LogP contribution < -0.4 is 5.73 Å². The summed E-state index contributed by atoms with van der Waals surface area (Å²) >= 11 is 9.43. The summed E-state index contributed by atoms with van der Waals surface area (Å²) in [5.41, 5.74) is 7.09. The Morgan fingerprint density at radius 2 is 2.30 bits per heavy atom. The Bertz CT molecular complexity index is 605. The molecule has 1 heterocycles. The van der Waals surface area contributed by atoms with Gasteiger partial charge in [-0.3, -0.25) is 4.68 Å². The van der Waals surface area contributed by atoms with Crippen molar-refractivity contribution < 1.29 is 9.13 Å². The Morgan fingerprint density at radius 3 is 3.00 bits per heavy atom. The minimum Gasteiger partial charge on any atom is -0.383 e. The number of nitrogens with two attached hydrogens (primary N) is 1. The van der Waals surface area contributed by atoms with E-state index in [2.05, 4.69) is 21.0 Å². The summed E-state index contributed by atoms with van der Waals surface area (Å²) in [6, 6.07) is 3.93. The van der Waals surface area contributed by atoms with Crippen molar-refractivity contribution in [1.29, 1.82) is 0 Å². The lowest BCUT2D eigenvalue weighted by molar-refractivity contribution is 0.182. The molecule has 2 aromatic rings. The Morgan fingerprint density at radius 1 is 1.55 bits per heavy atom. The molecule has 2 rings (SSSR count). The van der Waals surface area contributed by atoms with Gasteiger partial charge >= 0.3 is 0 Å². The summed E-state index contributed by atoms with van der Waals surface area (Å²) in [7, 11) is 1.60. The van der Waals surface area contributed by atoms with Crippen molar-refractivity contribution in [3.05, 3.63) is 51.0 Å². The van der Waals surface area contributed by atoms with Gasteiger partial charge in [0.1, 0.15) is 5.82 Å². The molecule has 0 spiro atoms. The summed E-state index contributed by atoms with van der Waals surface area (Å²) in [5, 5.41) is 4.55. The van der Waals surface area contributed by atoms with E-state index in [-0.39, 0.29) is 5.82 Å². The summed E-state index contributed by atoms with van der Waals surface area (Å²) in [5.74, 6) is -0.378. The van der Waals surface area contributed by atoms with E-state index in [9.17, 15) is 4.39 Å². The van der Waals surface area contributed by atoms with Crippen LogP contribution in [0.1, 0.15) is 17.3 Å². The maximum atomic E-state index is 13.9. The van der Waals surface area contributed by atoms with Crippen molar-refractivity contribution in [1.82, 2.24) is 9.78 Å². The SMILES string of the molecule is COCCn1ncc(Cl)c1C(N)c1cc(Br)ccc1F. The lowest BCUT2D eigenvalue weighted by Gasteiger charge is -2.16. The molecule has 0 saturated heterocycles. The number of nitrogens with zero attached hydrogens (tertiary/aromatic N) is 2. The van der Waals surface area contributed by atoms with E-state index >= 15 is 0 Å². The first-order chi connectivity index (χ1) is 9.54. The summed E-state index contributed by atoms with van der Waals surface area (Å²) < 4.78 is 21.3. The number of halogens is 3. The van der Waals surface area contributed by atoms with Gasteiger partial charge in [0.2, 0.25) is 0 Å². The molecule has 108 valence electrons. The number of ether oxygens (including phenoxy) is 1. The zero-order valence-corrected chi connectivity index (χ0v) is 13.2. The van der Waals surface area contributed by atoms with Gasteiger partial charge in [0.25, 0.3) is 0 Å². The second-order valence-electron chi connectivity index (χ2n) is 4.24. The molecule has 4 nitrogen and oxygen atoms in total. The summed E-state index contributed by atoms with van der Waals surface area (Å²) in [4.78, 5) is 0. The zero-order chi connectivity index (χ0) is 14.7. The van der Waals surface area contributed by atoms with E-state index in [0.717, 1.165) is 4.47 Å². The van der Waals surface area contributed by atoms with E-state index < -0.39 is 6.04 Å². The van der Waals surface area contributed by atoms with E-state index in [0.29, 0.717) is 29.4 Å². The van der Waals surface area contributed by atoms with Gasteiger partial charge in [0, 0.05) is 17.1 Å². The van der Waals surface area contributed by atoms with E-state index in [1.165, 1.54) is 12.3 Å². The summed E-state index contributed by atoms with van der Waals surface area (Å²) in [6.45, 7) is 0.973. The third-order valence-electron chi connectivity index (χ3n) is 2.93. The number of methoxy groups -OCH3 is 1. The van der Waals surface area contributed by atoms with Crippen LogP contribution >= 0.6 is 27.5 Å². The molecule has 1 aromatic carbocycles. The molecule has 0 bridgehead atoms. The molecule has 0 aliphatic rings. The molecule has 0 saturated carbocycles. The molecule has 0 aliphatic carbocycles. The molecular weight excluding hydrogens is 349 g/mol. The minimum absolute atomic E-state index is 0.362. The predicted octanol–water partition coefficient (Wildman–Crippen LogP) is 3.13. The highest BCUT2D eigenvalue weighted by molar-refractivity contribution is 9.10. The first kappa shape index (κ1) is 15.4. The quantitative estimate of drug-likeness (QED) is 0.889. The predicted molar refractivity (Wildman–Crippen MR) is 79.2 cm³/mol. The molecule has 20 heavy (non-hydrogen) atoms. The number of benzene rings is 1. The third-order valence-corrected chi connectivity index (χ3v) is 3.71. The van der Waals surface area contributed by atoms with Crippen LogP contribution in [0.25, 0.3) is 0 Å². The number of hydrogen-bond acceptors (Lipinski definition) is 3. The third kappa shape index (κ3) is 3.20. The van der Waals surface area contributed by atoms with Gasteiger partial charge in [-0.05, 0) is 18.2 Å². The van der Waals surface area contributed by atoms with Crippen LogP contribution in [-0.4, -0.2) is 23.5 Å². The number of rotatable bonds is 5. The highest BCUT2D eigenvalue weighted by Crippen LogP contribution is 2.29. The van der Waals surface area contributed by atoms with Crippen molar-refractivity contribution in [2.45, 2.75) is 12.6 Å². The molecule has 1 atom stereocenters. The monoisotopic (exact) mass is 361 g/mol. The molecule has 0 amide bonds. The average molecular weight is 363 g/mol. The molecule has 1 unspecified atom stereocenters. The fourth-order valence-electron chi connectivity index (χ4n) is 1.94.